The minimum atomic E-state index is -0.526. The van der Waals surface area contributed by atoms with Crippen molar-refractivity contribution in [3.63, 3.8) is 0 Å². The molecule has 7 heteroatoms. The summed E-state index contributed by atoms with van der Waals surface area (Å²) in [5, 5.41) is 2.65. The molecule has 2 rings (SSSR count). The maximum atomic E-state index is 14.7. The van der Waals surface area contributed by atoms with E-state index in [-0.39, 0.29) is 22.6 Å². The molecular formula is C20H25FN4O2. The van der Waals surface area contributed by atoms with Crippen LogP contribution < -0.4 is 27.3 Å². The van der Waals surface area contributed by atoms with Crippen molar-refractivity contribution in [3.8, 4) is 16.9 Å². The van der Waals surface area contributed by atoms with Gasteiger partial charge < -0.3 is 27.3 Å². The largest absolute Gasteiger partial charge is 0.496 e. The Morgan fingerprint density at radius 3 is 2.56 bits per heavy atom. The van der Waals surface area contributed by atoms with Gasteiger partial charge in [-0.1, -0.05) is 18.6 Å². The van der Waals surface area contributed by atoms with Gasteiger partial charge in [0.25, 0.3) is 5.91 Å². The van der Waals surface area contributed by atoms with Crippen LogP contribution in [0, 0.1) is 12.7 Å². The third kappa shape index (κ3) is 4.13. The number of nitrogens with two attached hydrogens (primary N) is 3. The molecule has 7 N–H and O–H groups in total. The van der Waals surface area contributed by atoms with Crippen LogP contribution in [0.25, 0.3) is 16.8 Å². The number of nitrogen functional groups attached to an aromatic ring is 1. The van der Waals surface area contributed by atoms with E-state index in [1.165, 1.54) is 19.2 Å². The Morgan fingerprint density at radius 1 is 1.22 bits per heavy atom. The molecule has 0 spiro atoms. The number of nitrogens with one attached hydrogen (secondary N) is 1. The highest BCUT2D eigenvalue weighted by Crippen LogP contribution is 2.39. The Kier molecular flexibility index (Phi) is 6.28. The van der Waals surface area contributed by atoms with Crippen LogP contribution >= 0.6 is 0 Å². The third-order valence-electron chi connectivity index (χ3n) is 4.18. The van der Waals surface area contributed by atoms with Crippen LogP contribution in [0.3, 0.4) is 0 Å². The number of hydrogen-bond donors (Lipinski definition) is 4. The Hall–Kier alpha value is -3.22. The van der Waals surface area contributed by atoms with Crippen molar-refractivity contribution < 1.29 is 13.9 Å². The van der Waals surface area contributed by atoms with Gasteiger partial charge in [-0.05, 0) is 37.6 Å². The van der Waals surface area contributed by atoms with Crippen molar-refractivity contribution in [2.75, 3.05) is 19.4 Å². The number of ether oxygens (including phenoxy) is 1. The van der Waals surface area contributed by atoms with E-state index in [4.69, 9.17) is 21.9 Å². The molecule has 0 heterocycles. The van der Waals surface area contributed by atoms with Gasteiger partial charge in [0, 0.05) is 23.2 Å². The van der Waals surface area contributed by atoms with Crippen LogP contribution in [-0.4, -0.2) is 19.6 Å². The van der Waals surface area contributed by atoms with Gasteiger partial charge in [-0.25, -0.2) is 4.39 Å². The van der Waals surface area contributed by atoms with E-state index in [1.807, 2.05) is 19.9 Å². The molecule has 0 saturated carbocycles. The van der Waals surface area contributed by atoms with Gasteiger partial charge >= 0.3 is 0 Å². The summed E-state index contributed by atoms with van der Waals surface area (Å²) in [5.41, 5.74) is 19.9. The first-order chi connectivity index (χ1) is 12.8. The number of carbonyl (C=O) groups excluding carboxylic acids is 1. The molecule has 0 aliphatic heterocycles. The molecule has 0 bridgehead atoms. The second kappa shape index (κ2) is 8.44. The highest BCUT2D eigenvalue weighted by molar-refractivity contribution is 6.01. The lowest BCUT2D eigenvalue weighted by molar-refractivity contribution is -0.117. The average Bonchev–Trinajstić information content (AvgIpc) is 2.65. The number of hydrogen-bond acceptors (Lipinski definition) is 5. The number of rotatable bonds is 6. The van der Waals surface area contributed by atoms with Crippen LogP contribution in [0.2, 0.25) is 0 Å². The zero-order chi connectivity index (χ0) is 20.1. The fraction of sp³-hybridized carbons (Fsp3) is 0.250. The number of aryl methyl sites for hydroxylation is 1. The number of carbonyl (C=O) groups is 1. The first-order valence-corrected chi connectivity index (χ1v) is 8.58. The number of benzene rings is 2. The molecule has 1 amide bonds. The predicted octanol–water partition coefficient (Wildman–Crippen LogP) is 2.50. The molecule has 2 aromatic carbocycles. The number of anilines is 1. The highest BCUT2D eigenvalue weighted by Gasteiger charge is 2.20. The molecule has 0 radical (unpaired) electrons. The Labute approximate surface area is 158 Å². The number of methoxy groups -OCH3 is 1. The summed E-state index contributed by atoms with van der Waals surface area (Å²) in [5.74, 6) is -0.547. The first kappa shape index (κ1) is 20.1. The second-order valence-electron chi connectivity index (χ2n) is 6.17. The highest BCUT2D eigenvalue weighted by atomic mass is 19.1. The predicted molar refractivity (Wildman–Crippen MR) is 106 cm³/mol. The van der Waals surface area contributed by atoms with Gasteiger partial charge in [-0.3, -0.25) is 4.79 Å². The van der Waals surface area contributed by atoms with Crippen molar-refractivity contribution in [1.82, 2.24) is 5.32 Å². The molecule has 0 atom stereocenters. The standard InChI is InChI=1S/C20H25FN4O2/c1-4-9-25-20(26)19(24)18(23)12-6-7-14(21)16(17(12)22)13-10-11(2)5-8-15(13)27-3/h5-8,10H,4,9,22-24H2,1-3H3,(H,25,26)/b19-18+. The lowest BCUT2D eigenvalue weighted by Gasteiger charge is -2.17. The van der Waals surface area contributed by atoms with Crippen molar-refractivity contribution in [2.45, 2.75) is 20.3 Å². The van der Waals surface area contributed by atoms with Crippen LogP contribution in [0.1, 0.15) is 24.5 Å². The van der Waals surface area contributed by atoms with E-state index in [0.717, 1.165) is 12.0 Å². The van der Waals surface area contributed by atoms with E-state index >= 15 is 0 Å². The number of halogens is 1. The van der Waals surface area contributed by atoms with Crippen molar-refractivity contribution in [1.29, 1.82) is 0 Å². The van der Waals surface area contributed by atoms with E-state index in [0.29, 0.717) is 23.4 Å². The SMILES string of the molecule is CCCNC(=O)/C(N)=C(\N)c1ccc(F)c(-c2cc(C)ccc2OC)c1N. The van der Waals surface area contributed by atoms with E-state index in [1.54, 1.807) is 12.1 Å². The lowest BCUT2D eigenvalue weighted by atomic mass is 9.95. The summed E-state index contributed by atoms with van der Waals surface area (Å²) < 4.78 is 20.0. The van der Waals surface area contributed by atoms with Gasteiger partial charge in [0.1, 0.15) is 17.3 Å². The Balaban J connectivity index is 2.63. The van der Waals surface area contributed by atoms with Gasteiger partial charge in [-0.15, -0.1) is 0 Å². The van der Waals surface area contributed by atoms with E-state index in [2.05, 4.69) is 5.32 Å². The summed E-state index contributed by atoms with van der Waals surface area (Å²) in [7, 11) is 1.50. The molecule has 0 aliphatic carbocycles. The Bertz CT molecular complexity index is 894. The Morgan fingerprint density at radius 2 is 1.93 bits per heavy atom. The summed E-state index contributed by atoms with van der Waals surface area (Å²) in [6.45, 7) is 4.27. The zero-order valence-electron chi connectivity index (χ0n) is 15.7. The molecule has 27 heavy (non-hydrogen) atoms. The van der Waals surface area contributed by atoms with E-state index < -0.39 is 11.7 Å². The molecule has 2 aromatic rings. The van der Waals surface area contributed by atoms with Crippen molar-refractivity contribution in [3.05, 3.63) is 53.0 Å². The van der Waals surface area contributed by atoms with Crippen LogP contribution in [0.15, 0.2) is 36.0 Å². The minimum Gasteiger partial charge on any atom is -0.496 e. The van der Waals surface area contributed by atoms with Crippen LogP contribution in [-0.2, 0) is 4.79 Å². The first-order valence-electron chi connectivity index (χ1n) is 8.58. The molecule has 0 aromatic heterocycles. The normalized spacial score (nSPS) is 11.7. The quantitative estimate of drug-likeness (QED) is 0.459. The molecule has 0 fully saturated rings. The van der Waals surface area contributed by atoms with Crippen molar-refractivity contribution in [2.24, 2.45) is 11.5 Å². The lowest BCUT2D eigenvalue weighted by Crippen LogP contribution is -2.31. The van der Waals surface area contributed by atoms with Gasteiger partial charge in [0.2, 0.25) is 0 Å². The monoisotopic (exact) mass is 372 g/mol. The van der Waals surface area contributed by atoms with Crippen LogP contribution in [0.5, 0.6) is 5.75 Å². The molecular weight excluding hydrogens is 347 g/mol. The average molecular weight is 372 g/mol. The maximum absolute atomic E-state index is 14.7. The second-order valence-corrected chi connectivity index (χ2v) is 6.17. The van der Waals surface area contributed by atoms with Gasteiger partial charge in [0.15, 0.2) is 0 Å². The summed E-state index contributed by atoms with van der Waals surface area (Å²) in [6, 6.07) is 8.01. The summed E-state index contributed by atoms with van der Waals surface area (Å²) >= 11 is 0. The van der Waals surface area contributed by atoms with Gasteiger partial charge in [-0.2, -0.15) is 0 Å². The topological polar surface area (TPSA) is 116 Å². The third-order valence-corrected chi connectivity index (χ3v) is 4.18. The van der Waals surface area contributed by atoms with E-state index in [9.17, 15) is 9.18 Å². The molecule has 0 saturated heterocycles. The molecule has 0 unspecified atom stereocenters. The smallest absolute Gasteiger partial charge is 0.269 e. The minimum absolute atomic E-state index is 0.00558. The van der Waals surface area contributed by atoms with Crippen LogP contribution in [0.4, 0.5) is 10.1 Å². The maximum Gasteiger partial charge on any atom is 0.269 e. The molecule has 144 valence electrons. The summed E-state index contributed by atoms with van der Waals surface area (Å²) in [4.78, 5) is 12.1. The molecule has 0 aliphatic rings. The van der Waals surface area contributed by atoms with Crippen molar-refractivity contribution >= 4 is 17.3 Å². The summed E-state index contributed by atoms with van der Waals surface area (Å²) in [6.07, 6.45) is 0.759. The number of amides is 1. The van der Waals surface area contributed by atoms with Gasteiger partial charge in [0.05, 0.1) is 18.5 Å². The zero-order valence-corrected chi connectivity index (χ0v) is 15.7. The fourth-order valence-electron chi connectivity index (χ4n) is 2.72. The fourth-order valence-corrected chi connectivity index (χ4v) is 2.72. The molecule has 6 nitrogen and oxygen atoms in total.